The quantitative estimate of drug-likeness (QED) is 0.614. The van der Waals surface area contributed by atoms with Gasteiger partial charge in [-0.1, -0.05) is 24.3 Å². The molecule has 2 aromatic rings. The minimum Gasteiger partial charge on any atom is -0.366 e. The number of para-hydroxylation sites is 2. The fourth-order valence-corrected chi connectivity index (χ4v) is 1.75. The van der Waals surface area contributed by atoms with E-state index in [1.54, 1.807) is 48.5 Å². The SMILES string of the molecule is NC(=O)c1ccccc1NNc1ccccc1C(N)=O. The average Bonchev–Trinajstić information content (AvgIpc) is 2.45. The largest absolute Gasteiger partial charge is 0.366 e. The lowest BCUT2D eigenvalue weighted by molar-refractivity contribution is 0.0992. The minimum absolute atomic E-state index is 0.344. The lowest BCUT2D eigenvalue weighted by Gasteiger charge is -2.14. The van der Waals surface area contributed by atoms with Crippen molar-refractivity contribution in [1.82, 2.24) is 0 Å². The summed E-state index contributed by atoms with van der Waals surface area (Å²) >= 11 is 0. The Labute approximate surface area is 115 Å². The van der Waals surface area contributed by atoms with E-state index in [9.17, 15) is 9.59 Å². The molecule has 0 fully saturated rings. The molecule has 2 aromatic carbocycles. The second-order valence-electron chi connectivity index (χ2n) is 4.07. The van der Waals surface area contributed by atoms with Crippen LogP contribution in [0, 0.1) is 0 Å². The lowest BCUT2D eigenvalue weighted by atomic mass is 10.1. The van der Waals surface area contributed by atoms with E-state index < -0.39 is 11.8 Å². The zero-order valence-electron chi connectivity index (χ0n) is 10.6. The first-order chi connectivity index (χ1) is 9.59. The first-order valence-corrected chi connectivity index (χ1v) is 5.89. The molecule has 0 bridgehead atoms. The summed E-state index contributed by atoms with van der Waals surface area (Å²) in [5.74, 6) is -1.09. The van der Waals surface area contributed by atoms with Gasteiger partial charge in [-0.15, -0.1) is 0 Å². The average molecular weight is 270 g/mol. The molecule has 0 atom stereocenters. The number of nitrogens with one attached hydrogen (secondary N) is 2. The van der Waals surface area contributed by atoms with Gasteiger partial charge in [0.15, 0.2) is 0 Å². The van der Waals surface area contributed by atoms with Gasteiger partial charge in [-0.2, -0.15) is 0 Å². The van der Waals surface area contributed by atoms with Crippen molar-refractivity contribution in [2.45, 2.75) is 0 Å². The number of hydrogen-bond donors (Lipinski definition) is 4. The first-order valence-electron chi connectivity index (χ1n) is 5.89. The summed E-state index contributed by atoms with van der Waals surface area (Å²) in [6.07, 6.45) is 0. The third-order valence-corrected chi connectivity index (χ3v) is 2.72. The molecular weight excluding hydrogens is 256 g/mol. The van der Waals surface area contributed by atoms with Crippen LogP contribution in [-0.2, 0) is 0 Å². The topological polar surface area (TPSA) is 110 Å². The molecule has 20 heavy (non-hydrogen) atoms. The van der Waals surface area contributed by atoms with Crippen LogP contribution in [0.3, 0.4) is 0 Å². The second-order valence-corrected chi connectivity index (χ2v) is 4.07. The van der Waals surface area contributed by atoms with Crippen molar-refractivity contribution in [1.29, 1.82) is 0 Å². The van der Waals surface area contributed by atoms with Crippen LogP contribution < -0.4 is 22.3 Å². The molecule has 0 aliphatic heterocycles. The maximum Gasteiger partial charge on any atom is 0.250 e. The van der Waals surface area contributed by atoms with E-state index in [0.717, 1.165) is 0 Å². The Morgan fingerprint density at radius 1 is 0.700 bits per heavy atom. The Balaban J connectivity index is 2.22. The van der Waals surface area contributed by atoms with E-state index in [1.807, 2.05) is 0 Å². The third kappa shape index (κ3) is 2.86. The van der Waals surface area contributed by atoms with Gasteiger partial charge in [-0.3, -0.25) is 9.59 Å². The van der Waals surface area contributed by atoms with Gasteiger partial charge < -0.3 is 22.3 Å². The van der Waals surface area contributed by atoms with E-state index in [2.05, 4.69) is 10.9 Å². The molecule has 0 spiro atoms. The van der Waals surface area contributed by atoms with E-state index >= 15 is 0 Å². The van der Waals surface area contributed by atoms with Gasteiger partial charge in [0.2, 0.25) is 0 Å². The molecule has 102 valence electrons. The standard InChI is InChI=1S/C14H14N4O2/c15-13(19)9-5-1-3-7-11(9)17-18-12-8-4-2-6-10(12)14(16)20/h1-8,17-18H,(H2,15,19)(H2,16,20). The van der Waals surface area contributed by atoms with E-state index in [1.165, 1.54) is 0 Å². The molecule has 0 aliphatic carbocycles. The van der Waals surface area contributed by atoms with E-state index in [-0.39, 0.29) is 0 Å². The number of carbonyl (C=O) groups excluding carboxylic acids is 2. The fraction of sp³-hybridized carbons (Fsp3) is 0. The van der Waals surface area contributed by atoms with Crippen molar-refractivity contribution >= 4 is 23.2 Å². The van der Waals surface area contributed by atoms with Crippen molar-refractivity contribution in [2.24, 2.45) is 11.5 Å². The van der Waals surface area contributed by atoms with Crippen LogP contribution in [0.1, 0.15) is 20.7 Å². The number of carbonyl (C=O) groups is 2. The Morgan fingerprint density at radius 2 is 1.05 bits per heavy atom. The van der Waals surface area contributed by atoms with Gasteiger partial charge in [0.1, 0.15) is 0 Å². The predicted octanol–water partition coefficient (Wildman–Crippen LogP) is 1.32. The summed E-state index contributed by atoms with van der Waals surface area (Å²) in [5, 5.41) is 0. The maximum absolute atomic E-state index is 11.3. The summed E-state index contributed by atoms with van der Waals surface area (Å²) in [6, 6.07) is 13.5. The monoisotopic (exact) mass is 270 g/mol. The Hall–Kier alpha value is -3.02. The van der Waals surface area contributed by atoms with Crippen LogP contribution in [0.2, 0.25) is 0 Å². The minimum atomic E-state index is -0.543. The fourth-order valence-electron chi connectivity index (χ4n) is 1.75. The van der Waals surface area contributed by atoms with Gasteiger partial charge in [0.05, 0.1) is 22.5 Å². The maximum atomic E-state index is 11.3. The third-order valence-electron chi connectivity index (χ3n) is 2.72. The van der Waals surface area contributed by atoms with Gasteiger partial charge in [0.25, 0.3) is 11.8 Å². The number of primary amides is 2. The lowest BCUT2D eigenvalue weighted by Crippen LogP contribution is -2.19. The molecule has 2 rings (SSSR count). The van der Waals surface area contributed by atoms with Gasteiger partial charge in [-0.25, -0.2) is 0 Å². The molecule has 2 amide bonds. The van der Waals surface area contributed by atoms with Crippen LogP contribution in [0.15, 0.2) is 48.5 Å². The van der Waals surface area contributed by atoms with Crippen molar-refractivity contribution < 1.29 is 9.59 Å². The van der Waals surface area contributed by atoms with Gasteiger partial charge >= 0.3 is 0 Å². The highest BCUT2D eigenvalue weighted by Crippen LogP contribution is 2.17. The molecule has 0 aromatic heterocycles. The summed E-state index contributed by atoms with van der Waals surface area (Å²) in [5.41, 5.74) is 18.0. The highest BCUT2D eigenvalue weighted by Gasteiger charge is 2.09. The molecule has 6 N–H and O–H groups in total. The van der Waals surface area contributed by atoms with Crippen LogP contribution in [0.4, 0.5) is 11.4 Å². The van der Waals surface area contributed by atoms with E-state index in [0.29, 0.717) is 22.5 Å². The molecule has 6 heteroatoms. The number of amides is 2. The zero-order chi connectivity index (χ0) is 14.5. The Bertz CT molecular complexity index is 598. The van der Waals surface area contributed by atoms with Crippen LogP contribution >= 0.6 is 0 Å². The van der Waals surface area contributed by atoms with Crippen LogP contribution in [-0.4, -0.2) is 11.8 Å². The highest BCUT2D eigenvalue weighted by atomic mass is 16.1. The number of hydrazine groups is 1. The molecule has 0 unspecified atom stereocenters. The van der Waals surface area contributed by atoms with Crippen molar-refractivity contribution in [3.05, 3.63) is 59.7 Å². The summed E-state index contributed by atoms with van der Waals surface area (Å²) < 4.78 is 0. The number of nitrogens with two attached hydrogens (primary N) is 2. The normalized spacial score (nSPS) is 9.80. The van der Waals surface area contributed by atoms with E-state index in [4.69, 9.17) is 11.5 Å². The van der Waals surface area contributed by atoms with Crippen LogP contribution in [0.25, 0.3) is 0 Å². The van der Waals surface area contributed by atoms with Gasteiger partial charge in [-0.05, 0) is 24.3 Å². The van der Waals surface area contributed by atoms with Crippen molar-refractivity contribution in [3.8, 4) is 0 Å². The Kier molecular flexibility index (Phi) is 3.85. The molecule has 0 aliphatic rings. The number of hydrogen-bond acceptors (Lipinski definition) is 4. The van der Waals surface area contributed by atoms with Crippen LogP contribution in [0.5, 0.6) is 0 Å². The predicted molar refractivity (Wildman–Crippen MR) is 77.2 cm³/mol. The molecule has 0 heterocycles. The molecule has 0 radical (unpaired) electrons. The van der Waals surface area contributed by atoms with Crippen molar-refractivity contribution in [2.75, 3.05) is 10.9 Å². The summed E-state index contributed by atoms with van der Waals surface area (Å²) in [7, 11) is 0. The Morgan fingerprint density at radius 3 is 1.40 bits per heavy atom. The zero-order valence-corrected chi connectivity index (χ0v) is 10.6. The van der Waals surface area contributed by atoms with Crippen molar-refractivity contribution in [3.63, 3.8) is 0 Å². The first kappa shape index (κ1) is 13.4. The van der Waals surface area contributed by atoms with Gasteiger partial charge in [0, 0.05) is 0 Å². The molecule has 0 saturated carbocycles. The number of benzene rings is 2. The molecule has 6 nitrogen and oxygen atoms in total. The second kappa shape index (κ2) is 5.75. The number of anilines is 2. The summed E-state index contributed by atoms with van der Waals surface area (Å²) in [6.45, 7) is 0. The molecular formula is C14H14N4O2. The smallest absolute Gasteiger partial charge is 0.250 e. The highest BCUT2D eigenvalue weighted by molar-refractivity contribution is 6.00. The molecule has 0 saturated heterocycles. The summed E-state index contributed by atoms with van der Waals surface area (Å²) in [4.78, 5) is 22.6. The number of rotatable bonds is 5.